The zero-order valence-corrected chi connectivity index (χ0v) is 7.91. The number of aromatic amines is 1. The maximum absolute atomic E-state index is 11.2. The Balaban J connectivity index is 2.33. The number of nitrogens with one attached hydrogen (secondary N) is 1. The van der Waals surface area contributed by atoms with Gasteiger partial charge in [0, 0.05) is 11.9 Å². The number of halogens is 1. The van der Waals surface area contributed by atoms with Crippen LogP contribution in [-0.2, 0) is 9.63 Å². The number of aromatic nitrogens is 1. The zero-order valence-electron chi connectivity index (χ0n) is 7.16. The van der Waals surface area contributed by atoms with E-state index in [2.05, 4.69) is 15.0 Å². The van der Waals surface area contributed by atoms with E-state index in [0.717, 1.165) is 5.69 Å². The first-order valence-electron chi connectivity index (χ1n) is 4.01. The van der Waals surface area contributed by atoms with Gasteiger partial charge in [-0.1, -0.05) is 5.16 Å². The Labute approximate surface area is 85.2 Å². The molecule has 0 bridgehead atoms. The van der Waals surface area contributed by atoms with Crippen LogP contribution in [0.15, 0.2) is 29.1 Å². The van der Waals surface area contributed by atoms with Gasteiger partial charge in [-0.05, 0) is 18.2 Å². The van der Waals surface area contributed by atoms with Gasteiger partial charge in [-0.2, -0.15) is 0 Å². The molecule has 14 heavy (non-hydrogen) atoms. The van der Waals surface area contributed by atoms with Crippen LogP contribution in [0.4, 0.5) is 0 Å². The number of hydrogen-bond donors (Lipinski definition) is 1. The smallest absolute Gasteiger partial charge is 0.362 e. The van der Waals surface area contributed by atoms with Gasteiger partial charge in [0.15, 0.2) is 0 Å². The summed E-state index contributed by atoms with van der Waals surface area (Å²) in [4.78, 5) is 18.6. The van der Waals surface area contributed by atoms with E-state index in [1.54, 1.807) is 12.3 Å². The first kappa shape index (κ1) is 9.02. The van der Waals surface area contributed by atoms with E-state index < -0.39 is 5.97 Å². The Kier molecular flexibility index (Phi) is 2.37. The molecule has 2 heterocycles. The molecular weight excluding hydrogens is 204 g/mol. The average Bonchev–Trinajstić information content (AvgIpc) is 2.79. The minimum atomic E-state index is -0.463. The third-order valence-corrected chi connectivity index (χ3v) is 2.07. The standard InChI is InChI=1S/C9H7ClN2O2/c10-5-8-7(9(13)14-12-8)4-6-2-1-3-11-6/h1-4,11H,5H2/b7-4+. The second-order valence-corrected chi connectivity index (χ2v) is 3.00. The minimum Gasteiger partial charge on any atom is -0.362 e. The van der Waals surface area contributed by atoms with Crippen LogP contribution in [0.3, 0.4) is 0 Å². The molecule has 0 spiro atoms. The lowest BCUT2D eigenvalue weighted by Crippen LogP contribution is -2.06. The molecule has 0 unspecified atom stereocenters. The fourth-order valence-corrected chi connectivity index (χ4v) is 1.33. The van der Waals surface area contributed by atoms with Gasteiger partial charge < -0.3 is 9.82 Å². The second-order valence-electron chi connectivity index (χ2n) is 2.73. The van der Waals surface area contributed by atoms with Crippen molar-refractivity contribution in [2.45, 2.75) is 0 Å². The number of alkyl halides is 1. The average molecular weight is 211 g/mol. The maximum Gasteiger partial charge on any atom is 0.367 e. The summed E-state index contributed by atoms with van der Waals surface area (Å²) in [7, 11) is 0. The van der Waals surface area contributed by atoms with Gasteiger partial charge in [0.05, 0.1) is 11.5 Å². The molecular formula is C9H7ClN2O2. The first-order valence-corrected chi connectivity index (χ1v) is 4.54. The van der Waals surface area contributed by atoms with Crippen LogP contribution in [0.5, 0.6) is 0 Å². The summed E-state index contributed by atoms with van der Waals surface area (Å²) in [6.07, 6.45) is 3.43. The van der Waals surface area contributed by atoms with Crippen molar-refractivity contribution >= 4 is 29.4 Å². The summed E-state index contributed by atoms with van der Waals surface area (Å²) in [5.41, 5.74) is 1.69. The van der Waals surface area contributed by atoms with E-state index in [1.807, 2.05) is 12.1 Å². The van der Waals surface area contributed by atoms with E-state index in [4.69, 9.17) is 11.6 Å². The molecule has 2 rings (SSSR count). The number of oxime groups is 1. The van der Waals surface area contributed by atoms with E-state index >= 15 is 0 Å². The van der Waals surface area contributed by atoms with Crippen LogP contribution in [0, 0.1) is 0 Å². The van der Waals surface area contributed by atoms with Gasteiger partial charge in [0.2, 0.25) is 0 Å². The molecule has 5 heteroatoms. The number of hydrogen-bond acceptors (Lipinski definition) is 3. The van der Waals surface area contributed by atoms with Crippen LogP contribution in [0.1, 0.15) is 5.69 Å². The highest BCUT2D eigenvalue weighted by Crippen LogP contribution is 2.15. The molecule has 0 aliphatic carbocycles. The third-order valence-electron chi connectivity index (χ3n) is 1.82. The molecule has 0 atom stereocenters. The Bertz CT molecular complexity index is 406. The molecule has 0 aromatic carbocycles. The van der Waals surface area contributed by atoms with Gasteiger partial charge in [0.1, 0.15) is 5.71 Å². The Hall–Kier alpha value is -1.55. The van der Waals surface area contributed by atoms with Crippen molar-refractivity contribution in [3.63, 3.8) is 0 Å². The molecule has 1 aliphatic heterocycles. The molecule has 0 fully saturated rings. The van der Waals surface area contributed by atoms with E-state index in [9.17, 15) is 4.79 Å². The normalized spacial score (nSPS) is 18.5. The number of carbonyl (C=O) groups excluding carboxylic acids is 1. The van der Waals surface area contributed by atoms with Gasteiger partial charge in [-0.3, -0.25) is 0 Å². The highest BCUT2D eigenvalue weighted by atomic mass is 35.5. The predicted octanol–water partition coefficient (Wildman–Crippen LogP) is 1.55. The van der Waals surface area contributed by atoms with Crippen LogP contribution in [0.25, 0.3) is 6.08 Å². The Morgan fingerprint density at radius 3 is 3.14 bits per heavy atom. The Morgan fingerprint density at radius 2 is 2.50 bits per heavy atom. The van der Waals surface area contributed by atoms with Crippen molar-refractivity contribution in [2.75, 3.05) is 5.88 Å². The molecule has 1 N–H and O–H groups in total. The van der Waals surface area contributed by atoms with Crippen molar-refractivity contribution in [1.82, 2.24) is 4.98 Å². The zero-order chi connectivity index (χ0) is 9.97. The molecule has 4 nitrogen and oxygen atoms in total. The molecule has 1 aliphatic rings. The van der Waals surface area contributed by atoms with Crippen molar-refractivity contribution < 1.29 is 9.63 Å². The van der Waals surface area contributed by atoms with Crippen molar-refractivity contribution in [3.05, 3.63) is 29.6 Å². The summed E-state index contributed by atoms with van der Waals surface area (Å²) in [5, 5.41) is 3.55. The van der Waals surface area contributed by atoms with Gasteiger partial charge in [0.25, 0.3) is 0 Å². The van der Waals surface area contributed by atoms with E-state index in [1.165, 1.54) is 0 Å². The topological polar surface area (TPSA) is 54.4 Å². The molecule has 1 aromatic heterocycles. The quantitative estimate of drug-likeness (QED) is 0.458. The molecule has 0 saturated carbocycles. The molecule has 0 saturated heterocycles. The Morgan fingerprint density at radius 1 is 1.64 bits per heavy atom. The van der Waals surface area contributed by atoms with Gasteiger partial charge in [-0.25, -0.2) is 4.79 Å². The summed E-state index contributed by atoms with van der Waals surface area (Å²) in [6.45, 7) is 0. The SMILES string of the molecule is O=C1ON=C(CCl)/C1=C\c1ccc[nH]1. The molecule has 1 aromatic rings. The molecule has 0 amide bonds. The fraction of sp³-hybridized carbons (Fsp3) is 0.111. The lowest BCUT2D eigenvalue weighted by atomic mass is 10.1. The lowest BCUT2D eigenvalue weighted by molar-refractivity contribution is -0.136. The van der Waals surface area contributed by atoms with E-state index in [-0.39, 0.29) is 5.88 Å². The summed E-state index contributed by atoms with van der Waals surface area (Å²) in [6, 6.07) is 3.68. The number of H-pyrrole nitrogens is 1. The first-order chi connectivity index (χ1) is 6.81. The largest absolute Gasteiger partial charge is 0.367 e. The molecule has 72 valence electrons. The summed E-state index contributed by atoms with van der Waals surface area (Å²) < 4.78 is 0. The monoisotopic (exact) mass is 210 g/mol. The highest BCUT2D eigenvalue weighted by molar-refractivity contribution is 6.38. The van der Waals surface area contributed by atoms with Crippen molar-refractivity contribution in [3.8, 4) is 0 Å². The van der Waals surface area contributed by atoms with Crippen LogP contribution >= 0.6 is 11.6 Å². The summed E-state index contributed by atoms with van der Waals surface area (Å²) in [5.74, 6) is -0.298. The van der Waals surface area contributed by atoms with Crippen molar-refractivity contribution in [1.29, 1.82) is 0 Å². The maximum atomic E-state index is 11.2. The minimum absolute atomic E-state index is 0.165. The predicted molar refractivity (Wildman–Crippen MR) is 53.0 cm³/mol. The lowest BCUT2D eigenvalue weighted by Gasteiger charge is -1.92. The van der Waals surface area contributed by atoms with Crippen LogP contribution in [0.2, 0.25) is 0 Å². The fourth-order valence-electron chi connectivity index (χ4n) is 1.14. The van der Waals surface area contributed by atoms with Gasteiger partial charge in [-0.15, -0.1) is 11.6 Å². The summed E-state index contributed by atoms with van der Waals surface area (Å²) >= 11 is 5.59. The van der Waals surface area contributed by atoms with Crippen LogP contribution in [-0.4, -0.2) is 22.5 Å². The van der Waals surface area contributed by atoms with E-state index in [0.29, 0.717) is 11.3 Å². The number of carbonyl (C=O) groups is 1. The number of rotatable bonds is 2. The third kappa shape index (κ3) is 1.56. The highest BCUT2D eigenvalue weighted by Gasteiger charge is 2.24. The second kappa shape index (κ2) is 3.67. The van der Waals surface area contributed by atoms with Crippen molar-refractivity contribution in [2.24, 2.45) is 5.16 Å². The molecule has 0 radical (unpaired) electrons. The van der Waals surface area contributed by atoms with Gasteiger partial charge >= 0.3 is 5.97 Å². The van der Waals surface area contributed by atoms with Crippen LogP contribution < -0.4 is 0 Å². The number of nitrogens with zero attached hydrogens (tertiary/aromatic N) is 1.